The number of aromatic nitrogens is 1. The molecule has 0 N–H and O–H groups in total. The van der Waals surface area contributed by atoms with Crippen molar-refractivity contribution in [2.24, 2.45) is 0 Å². The van der Waals surface area contributed by atoms with Crippen molar-refractivity contribution in [3.05, 3.63) is 88.0 Å². The molecule has 0 bridgehead atoms. The number of hydrogen-bond donors (Lipinski definition) is 0. The molecule has 1 aliphatic carbocycles. The number of aryl methyl sites for hydroxylation is 1. The van der Waals surface area contributed by atoms with Gasteiger partial charge < -0.3 is 4.74 Å². The fraction of sp³-hybridized carbons (Fsp3) is 0.379. The van der Waals surface area contributed by atoms with Crippen LogP contribution >= 0.6 is 0 Å². The number of ether oxygens (including phenoxy) is 1. The Labute approximate surface area is 212 Å². The van der Waals surface area contributed by atoms with Gasteiger partial charge in [0.15, 0.2) is 6.17 Å². The van der Waals surface area contributed by atoms with E-state index < -0.39 is 35.8 Å². The average molecular weight is 518 g/mol. The summed E-state index contributed by atoms with van der Waals surface area (Å²) < 4.78 is 75.4. The zero-order chi connectivity index (χ0) is 26.9. The molecular formula is C29H28F5NO2. The highest BCUT2D eigenvalue weighted by Gasteiger charge is 2.35. The Hall–Kier alpha value is -3.29. The maximum Gasteiger partial charge on any atom is 0.416 e. The van der Waals surface area contributed by atoms with E-state index in [0.717, 1.165) is 30.7 Å². The molecule has 196 valence electrons. The molecule has 8 heteroatoms. The van der Waals surface area contributed by atoms with Gasteiger partial charge in [0, 0.05) is 23.2 Å². The first-order valence-corrected chi connectivity index (χ1v) is 12.3. The van der Waals surface area contributed by atoms with Gasteiger partial charge in [0.25, 0.3) is 0 Å². The highest BCUT2D eigenvalue weighted by Crippen LogP contribution is 2.47. The molecule has 0 radical (unpaired) electrons. The average Bonchev–Trinajstić information content (AvgIpc) is 2.87. The summed E-state index contributed by atoms with van der Waals surface area (Å²) in [5.74, 6) is -1.09. The maximum absolute atomic E-state index is 16.5. The van der Waals surface area contributed by atoms with Crippen LogP contribution in [-0.4, -0.2) is 11.0 Å². The predicted octanol–water partition coefficient (Wildman–Crippen LogP) is 8.42. The van der Waals surface area contributed by atoms with E-state index in [4.69, 9.17) is 9.72 Å². The van der Waals surface area contributed by atoms with E-state index in [1.54, 1.807) is 6.92 Å². The van der Waals surface area contributed by atoms with Crippen molar-refractivity contribution >= 4 is 5.97 Å². The lowest BCUT2D eigenvalue weighted by molar-refractivity contribution is -0.149. The summed E-state index contributed by atoms with van der Waals surface area (Å²) in [6.07, 6.45) is -5.02. The van der Waals surface area contributed by atoms with Crippen LogP contribution in [-0.2, 0) is 22.1 Å². The predicted molar refractivity (Wildman–Crippen MR) is 130 cm³/mol. The molecule has 2 unspecified atom stereocenters. The summed E-state index contributed by atoms with van der Waals surface area (Å²) in [7, 11) is 0. The van der Waals surface area contributed by atoms with Gasteiger partial charge >= 0.3 is 12.1 Å². The number of alkyl halides is 4. The van der Waals surface area contributed by atoms with Crippen LogP contribution in [0.15, 0.2) is 48.5 Å². The Kier molecular flexibility index (Phi) is 7.67. The molecule has 3 nitrogen and oxygen atoms in total. The Morgan fingerprint density at radius 2 is 1.73 bits per heavy atom. The van der Waals surface area contributed by atoms with E-state index in [1.807, 2.05) is 13.8 Å². The number of fused-ring (bicyclic) bond motifs is 1. The van der Waals surface area contributed by atoms with Crippen LogP contribution in [0.4, 0.5) is 22.0 Å². The number of nitrogens with zero attached hydrogens (tertiary/aromatic N) is 1. The number of rotatable bonds is 6. The smallest absolute Gasteiger partial charge is 0.416 e. The first-order chi connectivity index (χ1) is 17.5. The summed E-state index contributed by atoms with van der Waals surface area (Å²) in [5.41, 5.74) is 2.06. The number of pyridine rings is 1. The van der Waals surface area contributed by atoms with Gasteiger partial charge in [0.1, 0.15) is 11.9 Å². The summed E-state index contributed by atoms with van der Waals surface area (Å²) >= 11 is 0. The second-order valence-corrected chi connectivity index (χ2v) is 9.51. The second kappa shape index (κ2) is 10.6. The van der Waals surface area contributed by atoms with E-state index >= 15 is 4.39 Å². The summed E-state index contributed by atoms with van der Waals surface area (Å²) in [5, 5.41) is 0. The third kappa shape index (κ3) is 5.53. The Balaban J connectivity index is 1.99. The molecule has 0 saturated carbocycles. The Morgan fingerprint density at radius 1 is 1.08 bits per heavy atom. The Morgan fingerprint density at radius 3 is 2.30 bits per heavy atom. The van der Waals surface area contributed by atoms with Crippen LogP contribution in [0.5, 0.6) is 0 Å². The van der Waals surface area contributed by atoms with E-state index in [9.17, 15) is 22.4 Å². The first-order valence-electron chi connectivity index (χ1n) is 12.3. The molecule has 2 aromatic carbocycles. The fourth-order valence-corrected chi connectivity index (χ4v) is 4.81. The van der Waals surface area contributed by atoms with Crippen molar-refractivity contribution in [1.82, 2.24) is 4.98 Å². The van der Waals surface area contributed by atoms with Crippen LogP contribution in [0.25, 0.3) is 11.1 Å². The lowest BCUT2D eigenvalue weighted by atomic mass is 9.80. The normalized spacial score (nSPS) is 16.4. The van der Waals surface area contributed by atoms with Crippen molar-refractivity contribution in [2.75, 3.05) is 0 Å². The lowest BCUT2D eigenvalue weighted by Gasteiger charge is -2.31. The molecule has 1 aromatic heterocycles. The zero-order valence-corrected chi connectivity index (χ0v) is 20.8. The largest absolute Gasteiger partial charge is 0.457 e. The van der Waals surface area contributed by atoms with Gasteiger partial charge in [-0.05, 0) is 66.1 Å². The molecule has 1 aliphatic rings. The van der Waals surface area contributed by atoms with Crippen LogP contribution in [0.1, 0.15) is 91.9 Å². The zero-order valence-electron chi connectivity index (χ0n) is 20.8. The van der Waals surface area contributed by atoms with E-state index in [1.165, 1.54) is 24.3 Å². The fourth-order valence-electron chi connectivity index (χ4n) is 4.81. The number of carbonyl (C=O) groups excluding carboxylic acids is 1. The number of carbonyl (C=O) groups is 1. The molecule has 3 aromatic rings. The van der Waals surface area contributed by atoms with E-state index in [0.29, 0.717) is 40.9 Å². The molecule has 0 aliphatic heterocycles. The first kappa shape index (κ1) is 26.8. The molecule has 0 saturated heterocycles. The Bertz CT molecular complexity index is 1270. The summed E-state index contributed by atoms with van der Waals surface area (Å²) in [6.45, 7) is 5.41. The third-order valence-electron chi connectivity index (χ3n) is 6.61. The number of esters is 1. The molecule has 37 heavy (non-hydrogen) atoms. The molecule has 0 spiro atoms. The monoisotopic (exact) mass is 517 g/mol. The summed E-state index contributed by atoms with van der Waals surface area (Å²) in [4.78, 5) is 17.1. The minimum Gasteiger partial charge on any atom is -0.457 e. The lowest BCUT2D eigenvalue weighted by Crippen LogP contribution is -2.22. The van der Waals surface area contributed by atoms with Crippen LogP contribution in [0.3, 0.4) is 0 Å². The quantitative estimate of drug-likeness (QED) is 0.243. The van der Waals surface area contributed by atoms with Crippen LogP contribution in [0.2, 0.25) is 0 Å². The van der Waals surface area contributed by atoms with Gasteiger partial charge in [-0.15, -0.1) is 0 Å². The van der Waals surface area contributed by atoms with Crippen molar-refractivity contribution in [1.29, 1.82) is 0 Å². The number of halogens is 5. The molecular weight excluding hydrogens is 489 g/mol. The summed E-state index contributed by atoms with van der Waals surface area (Å²) in [6, 6.07) is 9.56. The molecule has 0 amide bonds. The van der Waals surface area contributed by atoms with Crippen molar-refractivity contribution in [2.45, 2.75) is 70.8 Å². The highest BCUT2D eigenvalue weighted by molar-refractivity contribution is 5.76. The van der Waals surface area contributed by atoms with Crippen LogP contribution < -0.4 is 0 Å². The highest BCUT2D eigenvalue weighted by atomic mass is 19.4. The number of benzene rings is 2. The standard InChI is InChI=1S/C29H28F5NO2/c1-4-23(36)37-22-7-5-6-21-25(22)24(17-10-14-20(30)15-11-17)26(28(35-21)16(2)3)27(31)18-8-12-19(13-9-18)29(32,33)34/h8-16,22,27H,4-7H2,1-3H3. The van der Waals surface area contributed by atoms with Crippen molar-refractivity contribution in [3.8, 4) is 11.1 Å². The van der Waals surface area contributed by atoms with Gasteiger partial charge in [-0.1, -0.05) is 45.0 Å². The van der Waals surface area contributed by atoms with Gasteiger partial charge in [-0.25, -0.2) is 8.78 Å². The van der Waals surface area contributed by atoms with Crippen molar-refractivity contribution < 1.29 is 31.5 Å². The van der Waals surface area contributed by atoms with Crippen LogP contribution in [0, 0.1) is 5.82 Å². The van der Waals surface area contributed by atoms with Gasteiger partial charge in [-0.3, -0.25) is 9.78 Å². The topological polar surface area (TPSA) is 39.2 Å². The second-order valence-electron chi connectivity index (χ2n) is 9.51. The van der Waals surface area contributed by atoms with Gasteiger partial charge in [0.05, 0.1) is 11.3 Å². The van der Waals surface area contributed by atoms with E-state index in [-0.39, 0.29) is 23.5 Å². The number of hydrogen-bond acceptors (Lipinski definition) is 3. The minimum atomic E-state index is -4.55. The maximum atomic E-state index is 16.5. The minimum absolute atomic E-state index is 0.0397. The SMILES string of the molecule is CCC(=O)OC1CCCc2nc(C(C)C)c(C(F)c3ccc(C(F)(F)F)cc3)c(-c3ccc(F)cc3)c21. The van der Waals surface area contributed by atoms with Gasteiger partial charge in [0.2, 0.25) is 0 Å². The van der Waals surface area contributed by atoms with E-state index in [2.05, 4.69) is 0 Å². The molecule has 4 rings (SSSR count). The third-order valence-corrected chi connectivity index (χ3v) is 6.61. The van der Waals surface area contributed by atoms with Gasteiger partial charge in [-0.2, -0.15) is 13.2 Å². The van der Waals surface area contributed by atoms with Crippen molar-refractivity contribution in [3.63, 3.8) is 0 Å². The molecule has 2 atom stereocenters. The molecule has 1 heterocycles. The molecule has 0 fully saturated rings.